The topological polar surface area (TPSA) is 86.4 Å². The van der Waals surface area contributed by atoms with Crippen LogP contribution < -0.4 is 15.7 Å². The Bertz CT molecular complexity index is 1120. The fourth-order valence-electron chi connectivity index (χ4n) is 4.02. The number of benzene rings is 1. The summed E-state index contributed by atoms with van der Waals surface area (Å²) in [6, 6.07) is 5.45. The smallest absolute Gasteiger partial charge is 0.339 e. The second-order valence-corrected chi connectivity index (χ2v) is 7.73. The van der Waals surface area contributed by atoms with Gasteiger partial charge in [0.15, 0.2) is 6.10 Å². The van der Waals surface area contributed by atoms with Crippen molar-refractivity contribution in [1.29, 1.82) is 0 Å². The van der Waals surface area contributed by atoms with Gasteiger partial charge in [-0.05, 0) is 56.7 Å². The molecule has 1 aromatic carbocycles. The first-order valence-corrected chi connectivity index (χ1v) is 10.6. The lowest BCUT2D eigenvalue weighted by Crippen LogP contribution is -2.36. The van der Waals surface area contributed by atoms with Crippen molar-refractivity contribution in [2.24, 2.45) is 0 Å². The van der Waals surface area contributed by atoms with Gasteiger partial charge in [0.25, 0.3) is 5.91 Å². The number of imidazole rings is 1. The van der Waals surface area contributed by atoms with Crippen molar-refractivity contribution in [3.63, 3.8) is 0 Å². The molecule has 0 fully saturated rings. The maximum absolute atomic E-state index is 12.5. The molecule has 2 aromatic heterocycles. The van der Waals surface area contributed by atoms with Gasteiger partial charge in [-0.15, -0.1) is 0 Å². The molecule has 30 heavy (non-hydrogen) atoms. The first kappa shape index (κ1) is 20.2. The predicted molar refractivity (Wildman–Crippen MR) is 114 cm³/mol. The summed E-state index contributed by atoms with van der Waals surface area (Å²) in [4.78, 5) is 29.1. The Balaban J connectivity index is 1.44. The van der Waals surface area contributed by atoms with Crippen molar-refractivity contribution in [2.75, 3.05) is 0 Å². The van der Waals surface area contributed by atoms with Gasteiger partial charge >= 0.3 is 5.63 Å². The standard InChI is InChI=1S/C23H27N3O4/c1-3-11-26-12-10-24-21(26)14-25-22(27)15(2)29-16-8-9-18-17-6-4-5-7-19(17)23(28)30-20(18)13-16/h8-10,12-13,15H,3-7,11,14H2,1-2H3,(H,25,27). The molecule has 0 spiro atoms. The first-order valence-electron chi connectivity index (χ1n) is 10.6. The van der Waals surface area contributed by atoms with Crippen LogP contribution in [0.3, 0.4) is 0 Å². The fraction of sp³-hybridized carbons (Fsp3) is 0.435. The molecular formula is C23H27N3O4. The highest BCUT2D eigenvalue weighted by Gasteiger charge is 2.20. The number of hydrogen-bond donors (Lipinski definition) is 1. The summed E-state index contributed by atoms with van der Waals surface area (Å²) in [6.07, 6.45) is 7.72. The van der Waals surface area contributed by atoms with Crippen LogP contribution in [0, 0.1) is 0 Å². The lowest BCUT2D eigenvalue weighted by molar-refractivity contribution is -0.127. The quantitative estimate of drug-likeness (QED) is 0.605. The van der Waals surface area contributed by atoms with Gasteiger partial charge in [0, 0.05) is 36.0 Å². The van der Waals surface area contributed by atoms with Gasteiger partial charge in [-0.1, -0.05) is 6.92 Å². The number of amides is 1. The van der Waals surface area contributed by atoms with Gasteiger partial charge in [-0.2, -0.15) is 0 Å². The van der Waals surface area contributed by atoms with Crippen LogP contribution in [0.15, 0.2) is 39.8 Å². The Labute approximate surface area is 175 Å². The van der Waals surface area contributed by atoms with Gasteiger partial charge in [0.1, 0.15) is 17.2 Å². The number of fused-ring (bicyclic) bond motifs is 3. The molecule has 2 heterocycles. The van der Waals surface area contributed by atoms with E-state index in [2.05, 4.69) is 17.2 Å². The fourth-order valence-corrected chi connectivity index (χ4v) is 4.02. The number of aryl methyl sites for hydroxylation is 2. The average Bonchev–Trinajstić information content (AvgIpc) is 3.19. The van der Waals surface area contributed by atoms with Crippen molar-refractivity contribution in [2.45, 2.75) is 65.1 Å². The van der Waals surface area contributed by atoms with Crippen LogP contribution in [0.2, 0.25) is 0 Å². The summed E-state index contributed by atoms with van der Waals surface area (Å²) >= 11 is 0. The molecule has 1 atom stereocenters. The highest BCUT2D eigenvalue weighted by atomic mass is 16.5. The molecule has 1 aliphatic rings. The van der Waals surface area contributed by atoms with Crippen LogP contribution in [0.4, 0.5) is 0 Å². The average molecular weight is 409 g/mol. The number of ether oxygens (including phenoxy) is 1. The van der Waals surface area contributed by atoms with Crippen molar-refractivity contribution < 1.29 is 13.9 Å². The highest BCUT2D eigenvalue weighted by molar-refractivity contribution is 5.83. The third kappa shape index (κ3) is 4.10. The van der Waals surface area contributed by atoms with E-state index in [0.29, 0.717) is 17.9 Å². The molecule has 4 rings (SSSR count). The summed E-state index contributed by atoms with van der Waals surface area (Å²) in [7, 11) is 0. The third-order valence-corrected chi connectivity index (χ3v) is 5.56. The molecule has 1 amide bonds. The van der Waals surface area contributed by atoms with Gasteiger partial charge < -0.3 is 19.0 Å². The molecule has 0 bridgehead atoms. The minimum atomic E-state index is -0.693. The number of carbonyl (C=O) groups is 1. The number of hydrogen-bond acceptors (Lipinski definition) is 5. The molecule has 3 aromatic rings. The molecule has 158 valence electrons. The minimum Gasteiger partial charge on any atom is -0.481 e. The van der Waals surface area contributed by atoms with Crippen LogP contribution in [-0.4, -0.2) is 21.6 Å². The second kappa shape index (κ2) is 8.73. The van der Waals surface area contributed by atoms with Gasteiger partial charge in [0.2, 0.25) is 0 Å². The Morgan fingerprint density at radius 2 is 2.10 bits per heavy atom. The monoisotopic (exact) mass is 409 g/mol. The number of nitrogens with one attached hydrogen (secondary N) is 1. The molecule has 0 saturated carbocycles. The Morgan fingerprint density at radius 3 is 2.90 bits per heavy atom. The molecule has 1 unspecified atom stereocenters. The van der Waals surface area contributed by atoms with Crippen molar-refractivity contribution in [3.05, 3.63) is 58.0 Å². The summed E-state index contributed by atoms with van der Waals surface area (Å²) < 4.78 is 13.4. The number of nitrogens with zero attached hydrogens (tertiary/aromatic N) is 2. The normalized spacial score (nSPS) is 14.3. The van der Waals surface area contributed by atoms with E-state index in [1.807, 2.05) is 22.9 Å². The summed E-state index contributed by atoms with van der Waals surface area (Å²) in [5.41, 5.74) is 2.14. The molecule has 7 heteroatoms. The van der Waals surface area contributed by atoms with E-state index in [-0.39, 0.29) is 11.5 Å². The Morgan fingerprint density at radius 1 is 1.30 bits per heavy atom. The van der Waals surface area contributed by atoms with E-state index in [9.17, 15) is 9.59 Å². The zero-order valence-electron chi connectivity index (χ0n) is 17.4. The highest BCUT2D eigenvalue weighted by Crippen LogP contribution is 2.29. The molecule has 1 N–H and O–H groups in total. The molecule has 0 radical (unpaired) electrons. The first-order chi connectivity index (χ1) is 14.6. The predicted octanol–water partition coefficient (Wildman–Crippen LogP) is 3.36. The van der Waals surface area contributed by atoms with Gasteiger partial charge in [-0.25, -0.2) is 9.78 Å². The maximum atomic E-state index is 12.5. The molecular weight excluding hydrogens is 382 g/mol. The van der Waals surface area contributed by atoms with Crippen molar-refractivity contribution in [1.82, 2.24) is 14.9 Å². The Hall–Kier alpha value is -3.09. The zero-order valence-corrected chi connectivity index (χ0v) is 17.4. The lowest BCUT2D eigenvalue weighted by atomic mass is 9.91. The van der Waals surface area contributed by atoms with Gasteiger partial charge in [0.05, 0.1) is 6.54 Å². The Kier molecular flexibility index (Phi) is 5.88. The second-order valence-electron chi connectivity index (χ2n) is 7.73. The summed E-state index contributed by atoms with van der Waals surface area (Å²) in [6.45, 7) is 5.00. The SMILES string of the molecule is CCCn1ccnc1CNC(=O)C(C)Oc1ccc2c3c(c(=O)oc2c1)CCCC3. The molecule has 0 saturated heterocycles. The van der Waals surface area contributed by atoms with Crippen LogP contribution >= 0.6 is 0 Å². The van der Waals surface area contributed by atoms with E-state index >= 15 is 0 Å². The van der Waals surface area contributed by atoms with E-state index in [0.717, 1.165) is 61.0 Å². The van der Waals surface area contributed by atoms with E-state index in [1.165, 1.54) is 0 Å². The van der Waals surface area contributed by atoms with Crippen LogP contribution in [0.1, 0.15) is 50.1 Å². The van der Waals surface area contributed by atoms with Gasteiger partial charge in [-0.3, -0.25) is 4.79 Å². The summed E-state index contributed by atoms with van der Waals surface area (Å²) in [5.74, 6) is 1.08. The lowest BCUT2D eigenvalue weighted by Gasteiger charge is -2.18. The molecule has 1 aliphatic carbocycles. The van der Waals surface area contributed by atoms with Crippen LogP contribution in [-0.2, 0) is 30.7 Å². The zero-order chi connectivity index (χ0) is 21.1. The summed E-state index contributed by atoms with van der Waals surface area (Å²) in [5, 5.41) is 3.83. The molecule has 0 aliphatic heterocycles. The third-order valence-electron chi connectivity index (χ3n) is 5.56. The van der Waals surface area contributed by atoms with Crippen LogP contribution in [0.25, 0.3) is 11.0 Å². The maximum Gasteiger partial charge on any atom is 0.339 e. The largest absolute Gasteiger partial charge is 0.481 e. The van der Waals surface area contributed by atoms with E-state index in [1.54, 1.807) is 19.2 Å². The number of rotatable bonds is 7. The van der Waals surface area contributed by atoms with Crippen LogP contribution in [0.5, 0.6) is 5.75 Å². The van der Waals surface area contributed by atoms with E-state index < -0.39 is 6.10 Å². The van der Waals surface area contributed by atoms with Crippen molar-refractivity contribution in [3.8, 4) is 5.75 Å². The minimum absolute atomic E-state index is 0.229. The number of aromatic nitrogens is 2. The van der Waals surface area contributed by atoms with E-state index in [4.69, 9.17) is 9.15 Å². The number of carbonyl (C=O) groups excluding carboxylic acids is 1. The molecule has 7 nitrogen and oxygen atoms in total. The van der Waals surface area contributed by atoms with Crippen molar-refractivity contribution >= 4 is 16.9 Å².